The maximum absolute atomic E-state index is 12.8. The fraction of sp³-hybridized carbons (Fsp3) is 0.111. The van der Waals surface area contributed by atoms with Gasteiger partial charge in [-0.1, -0.05) is 92.8 Å². The minimum atomic E-state index is -4.46. The molecule has 0 bridgehead atoms. The summed E-state index contributed by atoms with van der Waals surface area (Å²) in [6.45, 7) is 0. The Balaban J connectivity index is 2.22. The molecule has 1 aliphatic rings. The van der Waals surface area contributed by atoms with E-state index in [1.807, 2.05) is 0 Å². The number of halogens is 8. The molecule has 0 unspecified atom stereocenters. The van der Waals surface area contributed by atoms with Crippen molar-refractivity contribution in [1.29, 1.82) is 0 Å². The zero-order valence-corrected chi connectivity index (χ0v) is 23.7. The molecule has 0 aliphatic heterocycles. The number of hydrogen-bond donors (Lipinski definition) is 0. The van der Waals surface area contributed by atoms with Crippen LogP contribution in [0.4, 0.5) is 0 Å². The first-order valence-electron chi connectivity index (χ1n) is 8.54. The van der Waals surface area contributed by atoms with Crippen molar-refractivity contribution < 1.29 is 16.8 Å². The smallest absolute Gasteiger partial charge is 0.199 e. The third-order valence-corrected chi connectivity index (χ3v) is 10.4. The van der Waals surface area contributed by atoms with E-state index < -0.39 is 50.2 Å². The van der Waals surface area contributed by atoms with Crippen LogP contribution in [0.2, 0.25) is 10.0 Å². The van der Waals surface area contributed by atoms with Crippen molar-refractivity contribution in [2.24, 2.45) is 8.80 Å². The summed E-state index contributed by atoms with van der Waals surface area (Å²) in [5.74, 6) is 0. The van der Waals surface area contributed by atoms with Gasteiger partial charge in [0.1, 0.15) is 11.4 Å². The number of nitrogens with zero attached hydrogens (tertiary/aromatic N) is 2. The van der Waals surface area contributed by atoms with Crippen LogP contribution in [0.3, 0.4) is 0 Å². The molecule has 0 atom stereocenters. The van der Waals surface area contributed by atoms with Crippen molar-refractivity contribution in [3.05, 3.63) is 68.6 Å². The molecule has 0 fully saturated rings. The molecule has 0 amide bonds. The third kappa shape index (κ3) is 5.37. The SMILES string of the molecule is O=S(=O)(N=C1C(Cl)=C(Cl)C(=NS(=O)(=O)c2ccc(Cl)cc2)C(Cl)(Cl)C1(Cl)Cl)c1ccc(Cl)cc1. The van der Waals surface area contributed by atoms with Crippen LogP contribution in [0.5, 0.6) is 0 Å². The van der Waals surface area contributed by atoms with Gasteiger partial charge in [-0.15, -0.1) is 0 Å². The Morgan fingerprint density at radius 3 is 1.06 bits per heavy atom. The van der Waals surface area contributed by atoms with Crippen molar-refractivity contribution in [3.63, 3.8) is 0 Å². The molecule has 1 aliphatic carbocycles. The van der Waals surface area contributed by atoms with Crippen LogP contribution in [0.15, 0.2) is 77.2 Å². The number of hydrogen-bond acceptors (Lipinski definition) is 4. The van der Waals surface area contributed by atoms with Gasteiger partial charge in [-0.2, -0.15) is 25.6 Å². The summed E-state index contributed by atoms with van der Waals surface area (Å²) >= 11 is 49.2. The number of allylic oxidation sites excluding steroid dienone is 2. The van der Waals surface area contributed by atoms with Crippen LogP contribution in [0, 0.1) is 0 Å². The van der Waals surface area contributed by atoms with E-state index in [-0.39, 0.29) is 19.8 Å². The highest BCUT2D eigenvalue weighted by molar-refractivity contribution is 7.90. The van der Waals surface area contributed by atoms with Gasteiger partial charge < -0.3 is 0 Å². The molecule has 182 valence electrons. The molecule has 2 aromatic rings. The molecular formula is C18H8Cl8N2O4S2. The Kier molecular flexibility index (Phi) is 8.24. The van der Waals surface area contributed by atoms with Gasteiger partial charge in [-0.05, 0) is 48.5 Å². The van der Waals surface area contributed by atoms with E-state index in [1.54, 1.807) is 0 Å². The Labute approximate surface area is 235 Å². The fourth-order valence-corrected chi connectivity index (χ4v) is 6.84. The standard InChI is InChI=1S/C18H8Cl8N2O4S2/c19-9-1-5-11(6-2-9)33(29,30)27-15-13(21)14(22)16(18(25,26)17(15,23)24)28-34(31,32)12-7-3-10(20)4-8-12/h1-8H. The lowest BCUT2D eigenvalue weighted by molar-refractivity contribution is 0.595. The van der Waals surface area contributed by atoms with Crippen LogP contribution in [-0.2, 0) is 20.0 Å². The Hall–Kier alpha value is -0.260. The zero-order chi connectivity index (χ0) is 25.7. The number of alkyl halides is 4. The summed E-state index contributed by atoms with van der Waals surface area (Å²) in [5.41, 5.74) is -1.49. The number of benzene rings is 2. The average molecular weight is 664 g/mol. The average Bonchev–Trinajstić information content (AvgIpc) is 2.74. The minimum absolute atomic E-state index is 0.276. The first-order chi connectivity index (χ1) is 15.5. The largest absolute Gasteiger partial charge is 0.282 e. The van der Waals surface area contributed by atoms with Crippen molar-refractivity contribution >= 4 is 124 Å². The molecule has 0 saturated carbocycles. The van der Waals surface area contributed by atoms with E-state index in [9.17, 15) is 16.8 Å². The van der Waals surface area contributed by atoms with Crippen LogP contribution in [0.25, 0.3) is 0 Å². The van der Waals surface area contributed by atoms with Crippen LogP contribution in [-0.4, -0.2) is 36.9 Å². The first-order valence-corrected chi connectivity index (χ1v) is 14.4. The van der Waals surface area contributed by atoms with Crippen molar-refractivity contribution in [1.82, 2.24) is 0 Å². The summed E-state index contributed by atoms with van der Waals surface area (Å²) in [4.78, 5) is -0.567. The lowest BCUT2D eigenvalue weighted by atomic mass is 10.0. The molecule has 0 N–H and O–H groups in total. The number of rotatable bonds is 4. The van der Waals surface area contributed by atoms with Crippen molar-refractivity contribution in [2.75, 3.05) is 0 Å². The molecule has 0 radical (unpaired) electrons. The topological polar surface area (TPSA) is 93.0 Å². The van der Waals surface area contributed by atoms with E-state index in [0.717, 1.165) is 0 Å². The summed E-state index contributed by atoms with van der Waals surface area (Å²) in [7, 11) is -8.92. The van der Waals surface area contributed by atoms with E-state index in [0.29, 0.717) is 0 Å². The fourth-order valence-electron chi connectivity index (χ4n) is 2.53. The lowest BCUT2D eigenvalue weighted by Gasteiger charge is -2.38. The van der Waals surface area contributed by atoms with Gasteiger partial charge in [-0.3, -0.25) is 0 Å². The second-order valence-electron chi connectivity index (χ2n) is 6.51. The van der Waals surface area contributed by atoms with Gasteiger partial charge in [0.15, 0.2) is 0 Å². The third-order valence-electron chi connectivity index (χ3n) is 4.24. The Bertz CT molecular complexity index is 1340. The van der Waals surface area contributed by atoms with Gasteiger partial charge in [-0.25, -0.2) is 0 Å². The first kappa shape index (κ1) is 28.3. The maximum Gasteiger partial charge on any atom is 0.282 e. The normalized spacial score (nSPS) is 20.7. The highest BCUT2D eigenvalue weighted by Gasteiger charge is 2.61. The number of sulfonamides is 2. The molecule has 0 aromatic heterocycles. The van der Waals surface area contributed by atoms with E-state index in [1.165, 1.54) is 48.5 Å². The Morgan fingerprint density at radius 2 is 0.794 bits per heavy atom. The molecule has 2 aromatic carbocycles. The second kappa shape index (κ2) is 9.89. The van der Waals surface area contributed by atoms with E-state index >= 15 is 0 Å². The van der Waals surface area contributed by atoms with Crippen molar-refractivity contribution in [2.45, 2.75) is 18.5 Å². The summed E-state index contributed by atoms with van der Waals surface area (Å²) in [6, 6.07) is 9.95. The molecule has 0 spiro atoms. The molecule has 16 heteroatoms. The van der Waals surface area contributed by atoms with Crippen molar-refractivity contribution in [3.8, 4) is 0 Å². The maximum atomic E-state index is 12.8. The van der Waals surface area contributed by atoms with E-state index in [2.05, 4.69) is 8.80 Å². The highest BCUT2D eigenvalue weighted by atomic mass is 35.5. The highest BCUT2D eigenvalue weighted by Crippen LogP contribution is 2.53. The molecule has 0 heterocycles. The zero-order valence-electron chi connectivity index (χ0n) is 16.0. The Morgan fingerprint density at radius 1 is 0.529 bits per heavy atom. The molecule has 6 nitrogen and oxygen atoms in total. The van der Waals surface area contributed by atoms with Gasteiger partial charge in [0.05, 0.1) is 19.9 Å². The minimum Gasteiger partial charge on any atom is -0.199 e. The van der Waals surface area contributed by atoms with Crippen LogP contribution in [0.1, 0.15) is 0 Å². The molecular weight excluding hydrogens is 656 g/mol. The summed E-state index contributed by atoms with van der Waals surface area (Å²) in [6.07, 6.45) is 0. The molecule has 34 heavy (non-hydrogen) atoms. The van der Waals surface area contributed by atoms with Gasteiger partial charge in [0, 0.05) is 10.0 Å². The molecule has 3 rings (SSSR count). The predicted octanol–water partition coefficient (Wildman–Crippen LogP) is 7.00. The monoisotopic (exact) mass is 660 g/mol. The lowest BCUT2D eigenvalue weighted by Crippen LogP contribution is -2.53. The summed E-state index contributed by atoms with van der Waals surface area (Å²) < 4.78 is 53.1. The quantitative estimate of drug-likeness (QED) is 0.329. The van der Waals surface area contributed by atoms with Crippen LogP contribution < -0.4 is 0 Å². The van der Waals surface area contributed by atoms with Gasteiger partial charge >= 0.3 is 0 Å². The predicted molar refractivity (Wildman–Crippen MR) is 140 cm³/mol. The van der Waals surface area contributed by atoms with Gasteiger partial charge in [0.25, 0.3) is 20.0 Å². The van der Waals surface area contributed by atoms with Crippen LogP contribution >= 0.6 is 92.8 Å². The molecule has 0 saturated heterocycles. The second-order valence-corrected chi connectivity index (χ2v) is 14.0. The summed E-state index contributed by atoms with van der Waals surface area (Å²) in [5, 5.41) is -0.715. The van der Waals surface area contributed by atoms with Gasteiger partial charge in [0.2, 0.25) is 8.67 Å². The van der Waals surface area contributed by atoms with E-state index in [4.69, 9.17) is 92.8 Å².